The van der Waals surface area contributed by atoms with Gasteiger partial charge in [0, 0.05) is 37.7 Å². The zero-order valence-corrected chi connectivity index (χ0v) is 16.1. The van der Waals surface area contributed by atoms with E-state index in [0.29, 0.717) is 31.6 Å². The number of fused-ring (bicyclic) bond motifs is 1. The van der Waals surface area contributed by atoms with Crippen molar-refractivity contribution < 1.29 is 14.4 Å². The molecule has 4 N–H and O–H groups in total. The van der Waals surface area contributed by atoms with Gasteiger partial charge in [-0.05, 0) is 23.1 Å². The van der Waals surface area contributed by atoms with Crippen molar-refractivity contribution in [3.05, 3.63) is 70.8 Å². The Labute approximate surface area is 169 Å². The molecule has 1 saturated heterocycles. The minimum atomic E-state index is -0.602. The number of nitrogens with zero attached hydrogens (tertiary/aromatic N) is 1. The maximum atomic E-state index is 13.1. The molecule has 2 aromatic rings. The number of hydrogen-bond acceptors (Lipinski definition) is 5. The second-order valence-corrected chi connectivity index (χ2v) is 7.43. The zero-order chi connectivity index (χ0) is 20.4. The number of carbonyl (C=O) groups is 3. The minimum absolute atomic E-state index is 0.0187. The zero-order valence-electron chi connectivity index (χ0n) is 16.1. The fourth-order valence-electron chi connectivity index (χ4n) is 4.09. The second kappa shape index (κ2) is 8.14. The summed E-state index contributed by atoms with van der Waals surface area (Å²) in [5.41, 5.74) is 9.48. The van der Waals surface area contributed by atoms with Gasteiger partial charge < -0.3 is 16.0 Å². The third kappa shape index (κ3) is 3.79. The molecule has 7 heteroatoms. The van der Waals surface area contributed by atoms with Gasteiger partial charge in [0.1, 0.15) is 6.04 Å². The first-order valence-electron chi connectivity index (χ1n) is 9.82. The number of amides is 3. The highest BCUT2D eigenvalue weighted by atomic mass is 16.2. The van der Waals surface area contributed by atoms with E-state index in [1.54, 1.807) is 4.90 Å². The Hall–Kier alpha value is -3.03. The highest BCUT2D eigenvalue weighted by Gasteiger charge is 2.39. The van der Waals surface area contributed by atoms with Crippen LogP contribution in [0.3, 0.4) is 0 Å². The molecule has 4 rings (SSSR count). The van der Waals surface area contributed by atoms with E-state index in [9.17, 15) is 14.4 Å². The standard InChI is InChI=1S/C22H24N4O3/c23-11-17(14-5-2-1-3-6-14)24-12-15-7-4-8-16-13-26(22(29)20(15)16)18-9-10-19(27)25-21(18)28/h1-8,17-18,24H,9-13,23H2,(H,25,27,28)/t17-,18?/m1/s1. The van der Waals surface area contributed by atoms with E-state index in [4.69, 9.17) is 5.73 Å². The lowest BCUT2D eigenvalue weighted by Crippen LogP contribution is -2.52. The van der Waals surface area contributed by atoms with Crippen LogP contribution in [0.1, 0.15) is 45.9 Å². The van der Waals surface area contributed by atoms with Crippen molar-refractivity contribution in [2.75, 3.05) is 6.54 Å². The highest BCUT2D eigenvalue weighted by molar-refractivity contribution is 6.05. The molecule has 0 saturated carbocycles. The number of hydrogen-bond donors (Lipinski definition) is 3. The first kappa shape index (κ1) is 19.3. The minimum Gasteiger partial charge on any atom is -0.329 e. The number of rotatable bonds is 6. The van der Waals surface area contributed by atoms with E-state index in [1.165, 1.54) is 0 Å². The molecule has 150 valence electrons. The molecule has 1 fully saturated rings. The van der Waals surface area contributed by atoms with E-state index in [0.717, 1.165) is 16.7 Å². The number of nitrogens with one attached hydrogen (secondary N) is 2. The van der Waals surface area contributed by atoms with Gasteiger partial charge in [-0.3, -0.25) is 19.7 Å². The molecule has 2 aromatic carbocycles. The van der Waals surface area contributed by atoms with Gasteiger partial charge in [-0.15, -0.1) is 0 Å². The maximum Gasteiger partial charge on any atom is 0.255 e. The average Bonchev–Trinajstić information content (AvgIpc) is 3.06. The van der Waals surface area contributed by atoms with E-state index >= 15 is 0 Å². The third-order valence-corrected chi connectivity index (χ3v) is 5.62. The molecule has 2 heterocycles. The van der Waals surface area contributed by atoms with Crippen LogP contribution in [0.15, 0.2) is 48.5 Å². The summed E-state index contributed by atoms with van der Waals surface area (Å²) in [5, 5.41) is 5.78. The van der Waals surface area contributed by atoms with Crippen LogP contribution < -0.4 is 16.4 Å². The molecular weight excluding hydrogens is 368 g/mol. The van der Waals surface area contributed by atoms with Crippen molar-refractivity contribution in [1.82, 2.24) is 15.5 Å². The number of piperidine rings is 1. The van der Waals surface area contributed by atoms with Crippen molar-refractivity contribution in [3.63, 3.8) is 0 Å². The van der Waals surface area contributed by atoms with E-state index in [1.807, 2.05) is 48.5 Å². The number of carbonyl (C=O) groups excluding carboxylic acids is 3. The van der Waals surface area contributed by atoms with Gasteiger partial charge in [0.25, 0.3) is 5.91 Å². The molecule has 3 amide bonds. The Bertz CT molecular complexity index is 944. The molecule has 1 unspecified atom stereocenters. The Morgan fingerprint density at radius 2 is 1.90 bits per heavy atom. The van der Waals surface area contributed by atoms with Crippen LogP contribution in [0, 0.1) is 0 Å². The van der Waals surface area contributed by atoms with Gasteiger partial charge in [0.2, 0.25) is 11.8 Å². The molecule has 0 radical (unpaired) electrons. The predicted molar refractivity (Wildman–Crippen MR) is 108 cm³/mol. The first-order chi connectivity index (χ1) is 14.1. The summed E-state index contributed by atoms with van der Waals surface area (Å²) in [5.74, 6) is -0.834. The molecule has 29 heavy (non-hydrogen) atoms. The monoisotopic (exact) mass is 392 g/mol. The van der Waals surface area contributed by atoms with Gasteiger partial charge in [-0.25, -0.2) is 0 Å². The van der Waals surface area contributed by atoms with Crippen LogP contribution >= 0.6 is 0 Å². The lowest BCUT2D eigenvalue weighted by atomic mass is 10.0. The summed E-state index contributed by atoms with van der Waals surface area (Å²) in [6, 6.07) is 15.1. The lowest BCUT2D eigenvalue weighted by Gasteiger charge is -2.29. The fraction of sp³-hybridized carbons (Fsp3) is 0.318. The average molecular weight is 392 g/mol. The maximum absolute atomic E-state index is 13.1. The van der Waals surface area contributed by atoms with Crippen LogP contribution in [0.25, 0.3) is 0 Å². The van der Waals surface area contributed by atoms with Crippen LogP contribution in [-0.2, 0) is 22.7 Å². The van der Waals surface area contributed by atoms with Gasteiger partial charge in [-0.2, -0.15) is 0 Å². The van der Waals surface area contributed by atoms with Crippen LogP contribution in [0.2, 0.25) is 0 Å². The Kier molecular flexibility index (Phi) is 5.42. The molecule has 2 aliphatic rings. The molecule has 0 aromatic heterocycles. The molecular formula is C22H24N4O3. The third-order valence-electron chi connectivity index (χ3n) is 5.62. The van der Waals surface area contributed by atoms with Crippen molar-refractivity contribution in [1.29, 1.82) is 0 Å². The van der Waals surface area contributed by atoms with Crippen LogP contribution in [0.5, 0.6) is 0 Å². The SMILES string of the molecule is NC[C@@H](NCc1cccc2c1C(=O)N(C1CCC(=O)NC1=O)C2)c1ccccc1. The summed E-state index contributed by atoms with van der Waals surface area (Å²) >= 11 is 0. The number of nitrogens with two attached hydrogens (primary N) is 1. The molecule has 0 aliphatic carbocycles. The quantitative estimate of drug-likeness (QED) is 0.642. The second-order valence-electron chi connectivity index (χ2n) is 7.43. The van der Waals surface area contributed by atoms with Gasteiger partial charge in [0.15, 0.2) is 0 Å². The van der Waals surface area contributed by atoms with Crippen molar-refractivity contribution >= 4 is 17.7 Å². The largest absolute Gasteiger partial charge is 0.329 e. The normalized spacial score (nSPS) is 19.8. The van der Waals surface area contributed by atoms with Crippen LogP contribution in [0.4, 0.5) is 0 Å². The highest BCUT2D eigenvalue weighted by Crippen LogP contribution is 2.30. The predicted octanol–water partition coefficient (Wildman–Crippen LogP) is 1.24. The Morgan fingerprint density at radius 1 is 1.10 bits per heavy atom. The number of imide groups is 1. The summed E-state index contributed by atoms with van der Waals surface area (Å²) in [6.07, 6.45) is 0.613. The Morgan fingerprint density at radius 3 is 2.62 bits per heavy atom. The van der Waals surface area contributed by atoms with E-state index in [2.05, 4.69) is 10.6 Å². The first-order valence-corrected chi connectivity index (χ1v) is 9.82. The summed E-state index contributed by atoms with van der Waals surface area (Å²) in [4.78, 5) is 38.4. The molecule has 2 aliphatic heterocycles. The van der Waals surface area contributed by atoms with E-state index < -0.39 is 11.9 Å². The van der Waals surface area contributed by atoms with Crippen molar-refractivity contribution in [2.24, 2.45) is 5.73 Å². The summed E-state index contributed by atoms with van der Waals surface area (Å²) < 4.78 is 0. The lowest BCUT2D eigenvalue weighted by molar-refractivity contribution is -0.136. The molecule has 7 nitrogen and oxygen atoms in total. The van der Waals surface area contributed by atoms with Crippen molar-refractivity contribution in [2.45, 2.75) is 38.0 Å². The van der Waals surface area contributed by atoms with E-state index in [-0.39, 0.29) is 24.3 Å². The summed E-state index contributed by atoms with van der Waals surface area (Å²) in [6.45, 7) is 1.32. The number of benzene rings is 2. The van der Waals surface area contributed by atoms with Crippen LogP contribution in [-0.4, -0.2) is 35.2 Å². The van der Waals surface area contributed by atoms with Gasteiger partial charge >= 0.3 is 0 Å². The molecule has 2 atom stereocenters. The van der Waals surface area contributed by atoms with Gasteiger partial charge in [-0.1, -0.05) is 48.5 Å². The van der Waals surface area contributed by atoms with Crippen molar-refractivity contribution in [3.8, 4) is 0 Å². The summed E-state index contributed by atoms with van der Waals surface area (Å²) in [7, 11) is 0. The smallest absolute Gasteiger partial charge is 0.255 e. The molecule has 0 spiro atoms. The van der Waals surface area contributed by atoms with Gasteiger partial charge in [0.05, 0.1) is 0 Å². The fourth-order valence-corrected chi connectivity index (χ4v) is 4.09. The Balaban J connectivity index is 1.52. The molecule has 0 bridgehead atoms. The topological polar surface area (TPSA) is 105 Å².